The predicted octanol–water partition coefficient (Wildman–Crippen LogP) is 2.82. The van der Waals surface area contributed by atoms with Crippen LogP contribution in [-0.4, -0.2) is 31.6 Å². The average Bonchev–Trinajstić information content (AvgIpc) is 2.80. The van der Waals surface area contributed by atoms with Gasteiger partial charge in [0.1, 0.15) is 6.61 Å². The fraction of sp³-hybridized carbons (Fsp3) is 0.786. The van der Waals surface area contributed by atoms with E-state index in [0.29, 0.717) is 19.8 Å². The van der Waals surface area contributed by atoms with Crippen LogP contribution in [-0.2, 0) is 19.0 Å². The molecule has 18 heavy (non-hydrogen) atoms. The van der Waals surface area contributed by atoms with Crippen molar-refractivity contribution >= 4 is 5.97 Å². The summed E-state index contributed by atoms with van der Waals surface area (Å²) in [6, 6.07) is 0. The summed E-state index contributed by atoms with van der Waals surface area (Å²) >= 11 is 0. The van der Waals surface area contributed by atoms with E-state index in [1.807, 2.05) is 12.2 Å². The molecular formula is C14H24O4. The Labute approximate surface area is 109 Å². The molecule has 0 aromatic rings. The van der Waals surface area contributed by atoms with Gasteiger partial charge in [0.25, 0.3) is 0 Å². The van der Waals surface area contributed by atoms with Crippen molar-refractivity contribution in [3.8, 4) is 0 Å². The highest BCUT2D eigenvalue weighted by atomic mass is 16.7. The van der Waals surface area contributed by atoms with E-state index in [2.05, 4.69) is 6.92 Å². The van der Waals surface area contributed by atoms with Crippen molar-refractivity contribution in [2.24, 2.45) is 0 Å². The molecule has 0 amide bonds. The van der Waals surface area contributed by atoms with Crippen molar-refractivity contribution in [1.82, 2.24) is 0 Å². The summed E-state index contributed by atoms with van der Waals surface area (Å²) < 4.78 is 16.3. The minimum Gasteiger partial charge on any atom is -0.462 e. The van der Waals surface area contributed by atoms with Crippen molar-refractivity contribution in [2.75, 3.05) is 19.8 Å². The molecule has 0 bridgehead atoms. The molecule has 1 aliphatic rings. The summed E-state index contributed by atoms with van der Waals surface area (Å²) in [7, 11) is 0. The lowest BCUT2D eigenvalue weighted by atomic mass is 10.0. The quantitative estimate of drug-likeness (QED) is 0.495. The van der Waals surface area contributed by atoms with E-state index >= 15 is 0 Å². The van der Waals surface area contributed by atoms with E-state index in [9.17, 15) is 4.79 Å². The van der Waals surface area contributed by atoms with Crippen LogP contribution in [0.4, 0.5) is 0 Å². The molecule has 0 unspecified atom stereocenters. The van der Waals surface area contributed by atoms with Crippen LogP contribution in [0.2, 0.25) is 0 Å². The Hall–Kier alpha value is -0.870. The number of esters is 1. The summed E-state index contributed by atoms with van der Waals surface area (Å²) in [6.07, 6.45) is 8.86. The first-order valence-corrected chi connectivity index (χ1v) is 6.75. The van der Waals surface area contributed by atoms with E-state index < -0.39 is 0 Å². The van der Waals surface area contributed by atoms with Gasteiger partial charge in [-0.1, -0.05) is 25.5 Å². The Morgan fingerprint density at radius 3 is 2.61 bits per heavy atom. The van der Waals surface area contributed by atoms with Crippen LogP contribution in [0.3, 0.4) is 0 Å². The first kappa shape index (κ1) is 15.2. The molecule has 0 radical (unpaired) electrons. The SMILES string of the molecule is CCCCC1(CC/C=C/COC(C)=O)OCCO1. The largest absolute Gasteiger partial charge is 0.462 e. The van der Waals surface area contributed by atoms with Crippen LogP contribution in [0, 0.1) is 0 Å². The zero-order valence-electron chi connectivity index (χ0n) is 11.4. The van der Waals surface area contributed by atoms with Crippen molar-refractivity contribution < 1.29 is 19.0 Å². The highest BCUT2D eigenvalue weighted by Crippen LogP contribution is 2.30. The molecular weight excluding hydrogens is 232 g/mol. The summed E-state index contributed by atoms with van der Waals surface area (Å²) in [6.45, 7) is 5.32. The minimum atomic E-state index is -0.373. The molecule has 104 valence electrons. The molecule has 1 aliphatic heterocycles. The average molecular weight is 256 g/mol. The molecule has 0 aromatic carbocycles. The number of unbranched alkanes of at least 4 members (excludes halogenated alkanes) is 1. The number of carbonyl (C=O) groups excluding carboxylic acids is 1. The maximum atomic E-state index is 10.6. The Bertz CT molecular complexity index is 267. The summed E-state index contributed by atoms with van der Waals surface area (Å²) in [4.78, 5) is 10.6. The summed E-state index contributed by atoms with van der Waals surface area (Å²) in [5, 5.41) is 0. The fourth-order valence-electron chi connectivity index (χ4n) is 2.01. The van der Waals surface area contributed by atoms with Crippen molar-refractivity contribution in [3.63, 3.8) is 0 Å². The Balaban J connectivity index is 2.23. The third-order valence-electron chi connectivity index (χ3n) is 2.97. The fourth-order valence-corrected chi connectivity index (χ4v) is 2.01. The highest BCUT2D eigenvalue weighted by Gasteiger charge is 2.34. The lowest BCUT2D eigenvalue weighted by Crippen LogP contribution is -2.29. The molecule has 0 aromatic heterocycles. The van der Waals surface area contributed by atoms with Crippen molar-refractivity contribution in [3.05, 3.63) is 12.2 Å². The maximum absolute atomic E-state index is 10.6. The third kappa shape index (κ3) is 5.65. The molecule has 0 spiro atoms. The predicted molar refractivity (Wildman–Crippen MR) is 69.2 cm³/mol. The second-order valence-corrected chi connectivity index (χ2v) is 4.52. The van der Waals surface area contributed by atoms with Gasteiger partial charge in [-0.25, -0.2) is 0 Å². The molecule has 0 aliphatic carbocycles. The van der Waals surface area contributed by atoms with Crippen LogP contribution in [0.15, 0.2) is 12.2 Å². The van der Waals surface area contributed by atoms with Crippen LogP contribution >= 0.6 is 0 Å². The van der Waals surface area contributed by atoms with E-state index in [-0.39, 0.29) is 11.8 Å². The second kappa shape index (κ2) is 8.27. The molecule has 0 N–H and O–H groups in total. The second-order valence-electron chi connectivity index (χ2n) is 4.52. The normalized spacial score (nSPS) is 18.3. The number of hydrogen-bond acceptors (Lipinski definition) is 4. The van der Waals surface area contributed by atoms with Crippen LogP contribution < -0.4 is 0 Å². The zero-order valence-corrected chi connectivity index (χ0v) is 11.4. The molecule has 1 fully saturated rings. The molecule has 0 atom stereocenters. The van der Waals surface area contributed by atoms with Gasteiger partial charge in [0.15, 0.2) is 5.79 Å². The van der Waals surface area contributed by atoms with Crippen LogP contribution in [0.25, 0.3) is 0 Å². The van der Waals surface area contributed by atoms with E-state index in [0.717, 1.165) is 32.1 Å². The lowest BCUT2D eigenvalue weighted by molar-refractivity contribution is -0.166. The van der Waals surface area contributed by atoms with Gasteiger partial charge in [0.05, 0.1) is 13.2 Å². The van der Waals surface area contributed by atoms with Crippen molar-refractivity contribution in [2.45, 2.75) is 51.7 Å². The molecule has 1 heterocycles. The summed E-state index contributed by atoms with van der Waals surface area (Å²) in [5.74, 6) is -0.622. The van der Waals surface area contributed by atoms with Gasteiger partial charge >= 0.3 is 5.97 Å². The first-order chi connectivity index (χ1) is 8.68. The van der Waals surface area contributed by atoms with Gasteiger partial charge in [-0.2, -0.15) is 0 Å². The number of carbonyl (C=O) groups is 1. The van der Waals surface area contributed by atoms with Gasteiger partial charge in [-0.05, 0) is 12.8 Å². The topological polar surface area (TPSA) is 44.8 Å². The highest BCUT2D eigenvalue weighted by molar-refractivity contribution is 5.65. The monoisotopic (exact) mass is 256 g/mol. The number of ether oxygens (including phenoxy) is 3. The number of allylic oxidation sites excluding steroid dienone is 1. The van der Waals surface area contributed by atoms with Crippen molar-refractivity contribution in [1.29, 1.82) is 0 Å². The van der Waals surface area contributed by atoms with Gasteiger partial charge in [0.2, 0.25) is 0 Å². The first-order valence-electron chi connectivity index (χ1n) is 6.75. The number of hydrogen-bond donors (Lipinski definition) is 0. The Morgan fingerprint density at radius 2 is 2.00 bits per heavy atom. The zero-order chi connectivity index (χ0) is 13.3. The van der Waals surface area contributed by atoms with Crippen LogP contribution in [0.1, 0.15) is 46.0 Å². The standard InChI is InChI=1S/C14H24O4/c1-3-4-8-14(17-11-12-18-14)9-6-5-7-10-16-13(2)15/h5,7H,3-4,6,8-12H2,1-2H3/b7-5+. The third-order valence-corrected chi connectivity index (χ3v) is 2.97. The Morgan fingerprint density at radius 1 is 1.28 bits per heavy atom. The van der Waals surface area contributed by atoms with E-state index in [1.165, 1.54) is 6.92 Å². The Kier molecular flexibility index (Phi) is 6.98. The van der Waals surface area contributed by atoms with Crippen LogP contribution in [0.5, 0.6) is 0 Å². The van der Waals surface area contributed by atoms with Gasteiger partial charge in [-0.15, -0.1) is 0 Å². The van der Waals surface area contributed by atoms with Gasteiger partial charge in [0, 0.05) is 19.8 Å². The molecule has 4 heteroatoms. The maximum Gasteiger partial charge on any atom is 0.302 e. The molecule has 4 nitrogen and oxygen atoms in total. The molecule has 1 saturated heterocycles. The molecule has 0 saturated carbocycles. The summed E-state index contributed by atoms with van der Waals surface area (Å²) in [5.41, 5.74) is 0. The van der Waals surface area contributed by atoms with E-state index in [1.54, 1.807) is 0 Å². The number of rotatable bonds is 8. The smallest absolute Gasteiger partial charge is 0.302 e. The minimum absolute atomic E-state index is 0.249. The van der Waals surface area contributed by atoms with Gasteiger partial charge < -0.3 is 14.2 Å². The van der Waals surface area contributed by atoms with Gasteiger partial charge in [-0.3, -0.25) is 4.79 Å². The lowest BCUT2D eigenvalue weighted by Gasteiger charge is -2.26. The molecule has 1 rings (SSSR count). The van der Waals surface area contributed by atoms with E-state index in [4.69, 9.17) is 14.2 Å².